The van der Waals surface area contributed by atoms with Gasteiger partial charge in [-0.2, -0.15) is 0 Å². The number of carbonyl (C=O) groups is 1. The van der Waals surface area contributed by atoms with Crippen molar-refractivity contribution in [2.75, 3.05) is 25.6 Å². The van der Waals surface area contributed by atoms with Gasteiger partial charge in [-0.1, -0.05) is 13.8 Å². The van der Waals surface area contributed by atoms with Crippen molar-refractivity contribution in [3.8, 4) is 5.88 Å². The molecule has 8 heteroatoms. The van der Waals surface area contributed by atoms with Crippen LogP contribution in [-0.2, 0) is 0 Å². The van der Waals surface area contributed by atoms with Crippen LogP contribution in [0.15, 0.2) is 10.8 Å². The summed E-state index contributed by atoms with van der Waals surface area (Å²) in [6, 6.07) is -0.174. The SMILES string of the molecule is COc1ncc(Br)nc1NNC(=O)N1CCCC(C)(C)C1. The number of nitrogens with zero attached hydrogens (tertiary/aromatic N) is 3. The quantitative estimate of drug-likeness (QED) is 0.812. The number of anilines is 1. The number of hydrogen-bond acceptors (Lipinski definition) is 5. The number of likely N-dealkylation sites (tertiary alicyclic amines) is 1. The van der Waals surface area contributed by atoms with Gasteiger partial charge < -0.3 is 9.64 Å². The lowest BCUT2D eigenvalue weighted by Gasteiger charge is -2.37. The largest absolute Gasteiger partial charge is 0.478 e. The zero-order valence-electron chi connectivity index (χ0n) is 12.4. The van der Waals surface area contributed by atoms with Crippen LogP contribution >= 0.6 is 15.9 Å². The third kappa shape index (κ3) is 4.20. The van der Waals surface area contributed by atoms with E-state index in [1.165, 1.54) is 13.3 Å². The number of hydrogen-bond donors (Lipinski definition) is 2. The Labute approximate surface area is 132 Å². The summed E-state index contributed by atoms with van der Waals surface area (Å²) in [6.45, 7) is 5.84. The lowest BCUT2D eigenvalue weighted by atomic mass is 9.84. The summed E-state index contributed by atoms with van der Waals surface area (Å²) in [5, 5.41) is 0. The summed E-state index contributed by atoms with van der Waals surface area (Å²) in [7, 11) is 1.50. The second-order valence-electron chi connectivity index (χ2n) is 5.80. The molecule has 1 fully saturated rings. The van der Waals surface area contributed by atoms with Gasteiger partial charge in [-0.05, 0) is 34.2 Å². The number of methoxy groups -OCH3 is 1. The third-order valence-corrected chi connectivity index (χ3v) is 3.76. The van der Waals surface area contributed by atoms with Crippen LogP contribution in [0.2, 0.25) is 0 Å². The highest BCUT2D eigenvalue weighted by atomic mass is 79.9. The van der Waals surface area contributed by atoms with Crippen LogP contribution in [-0.4, -0.2) is 41.1 Å². The number of rotatable bonds is 3. The van der Waals surface area contributed by atoms with Gasteiger partial charge in [0.2, 0.25) is 5.82 Å². The van der Waals surface area contributed by atoms with E-state index in [-0.39, 0.29) is 11.4 Å². The molecule has 0 spiro atoms. The molecule has 0 bridgehead atoms. The number of halogens is 1. The Morgan fingerprint density at radius 1 is 1.52 bits per heavy atom. The highest BCUT2D eigenvalue weighted by Crippen LogP contribution is 2.28. The van der Waals surface area contributed by atoms with Crippen molar-refractivity contribution in [3.05, 3.63) is 10.8 Å². The van der Waals surface area contributed by atoms with Crippen molar-refractivity contribution in [2.45, 2.75) is 26.7 Å². The molecule has 0 radical (unpaired) electrons. The minimum Gasteiger partial charge on any atom is -0.478 e. The van der Waals surface area contributed by atoms with E-state index in [2.05, 4.69) is 50.6 Å². The second kappa shape index (κ2) is 6.46. The van der Waals surface area contributed by atoms with Gasteiger partial charge in [0.25, 0.3) is 5.88 Å². The molecule has 7 nitrogen and oxygen atoms in total. The molecule has 2 rings (SSSR count). The second-order valence-corrected chi connectivity index (χ2v) is 6.61. The maximum Gasteiger partial charge on any atom is 0.336 e. The number of piperidine rings is 1. The number of amides is 2. The number of ether oxygens (including phenoxy) is 1. The van der Waals surface area contributed by atoms with Crippen molar-refractivity contribution in [1.29, 1.82) is 0 Å². The molecule has 1 aliphatic heterocycles. The molecule has 2 heterocycles. The maximum atomic E-state index is 12.2. The summed E-state index contributed by atoms with van der Waals surface area (Å²) in [4.78, 5) is 22.2. The first kappa shape index (κ1) is 15.8. The van der Waals surface area contributed by atoms with E-state index < -0.39 is 0 Å². The fraction of sp³-hybridized carbons (Fsp3) is 0.615. The molecule has 0 aromatic carbocycles. The minimum atomic E-state index is -0.174. The maximum absolute atomic E-state index is 12.2. The number of aromatic nitrogens is 2. The Hall–Kier alpha value is -1.57. The molecule has 2 amide bonds. The van der Waals surface area contributed by atoms with E-state index in [1.54, 1.807) is 4.90 Å². The molecule has 1 aliphatic rings. The zero-order valence-corrected chi connectivity index (χ0v) is 14.0. The summed E-state index contributed by atoms with van der Waals surface area (Å²) >= 11 is 3.23. The van der Waals surface area contributed by atoms with E-state index in [0.29, 0.717) is 16.3 Å². The first-order chi connectivity index (χ1) is 9.91. The van der Waals surface area contributed by atoms with Gasteiger partial charge in [-0.25, -0.2) is 14.8 Å². The summed E-state index contributed by atoms with van der Waals surface area (Å²) in [6.07, 6.45) is 3.68. The normalized spacial score (nSPS) is 17.2. The van der Waals surface area contributed by atoms with Crippen molar-refractivity contribution < 1.29 is 9.53 Å². The number of hydrazine groups is 1. The number of carbonyl (C=O) groups excluding carboxylic acids is 1. The lowest BCUT2D eigenvalue weighted by molar-refractivity contribution is 0.130. The Bertz CT molecular complexity index is 523. The Morgan fingerprint density at radius 3 is 2.95 bits per heavy atom. The summed E-state index contributed by atoms with van der Waals surface area (Å²) in [5.41, 5.74) is 5.56. The van der Waals surface area contributed by atoms with Gasteiger partial charge in [0, 0.05) is 13.1 Å². The van der Waals surface area contributed by atoms with E-state index in [0.717, 1.165) is 25.9 Å². The van der Waals surface area contributed by atoms with Gasteiger partial charge >= 0.3 is 6.03 Å². The summed E-state index contributed by atoms with van der Waals surface area (Å²) in [5.74, 6) is 0.675. The van der Waals surface area contributed by atoms with Crippen molar-refractivity contribution in [3.63, 3.8) is 0 Å². The van der Waals surface area contributed by atoms with E-state index in [9.17, 15) is 4.79 Å². The third-order valence-electron chi connectivity index (χ3n) is 3.38. The average molecular weight is 358 g/mol. The molecule has 116 valence electrons. The van der Waals surface area contributed by atoms with Crippen LogP contribution in [0, 0.1) is 5.41 Å². The van der Waals surface area contributed by atoms with Crippen LogP contribution in [0.25, 0.3) is 0 Å². The van der Waals surface area contributed by atoms with Crippen molar-refractivity contribution in [2.24, 2.45) is 5.41 Å². The van der Waals surface area contributed by atoms with Crippen LogP contribution in [0.5, 0.6) is 5.88 Å². The van der Waals surface area contributed by atoms with E-state index in [4.69, 9.17) is 4.74 Å². The van der Waals surface area contributed by atoms with Gasteiger partial charge in [0.05, 0.1) is 13.3 Å². The molecule has 0 unspecified atom stereocenters. The van der Waals surface area contributed by atoms with Gasteiger partial charge in [0.15, 0.2) is 0 Å². The summed E-state index contributed by atoms with van der Waals surface area (Å²) < 4.78 is 5.64. The highest BCUT2D eigenvalue weighted by molar-refractivity contribution is 9.10. The van der Waals surface area contributed by atoms with E-state index >= 15 is 0 Å². The van der Waals surface area contributed by atoms with Crippen LogP contribution in [0.1, 0.15) is 26.7 Å². The Kier molecular flexibility index (Phi) is 4.87. The molecule has 1 aromatic rings. The first-order valence-corrected chi connectivity index (χ1v) is 7.58. The molecule has 0 saturated carbocycles. The fourth-order valence-electron chi connectivity index (χ4n) is 2.38. The van der Waals surface area contributed by atoms with Crippen LogP contribution in [0.4, 0.5) is 10.6 Å². The number of nitrogens with one attached hydrogen (secondary N) is 2. The van der Waals surface area contributed by atoms with Gasteiger partial charge in [-0.3, -0.25) is 10.9 Å². The minimum absolute atomic E-state index is 0.156. The smallest absolute Gasteiger partial charge is 0.336 e. The highest BCUT2D eigenvalue weighted by Gasteiger charge is 2.29. The van der Waals surface area contributed by atoms with Gasteiger partial charge in [-0.15, -0.1) is 0 Å². The monoisotopic (exact) mass is 357 g/mol. The topological polar surface area (TPSA) is 79.4 Å². The molecule has 0 atom stereocenters. The van der Waals surface area contributed by atoms with Crippen LogP contribution in [0.3, 0.4) is 0 Å². The lowest BCUT2D eigenvalue weighted by Crippen LogP contribution is -2.49. The Morgan fingerprint density at radius 2 is 2.29 bits per heavy atom. The molecule has 0 aliphatic carbocycles. The predicted molar refractivity (Wildman–Crippen MR) is 83.0 cm³/mol. The average Bonchev–Trinajstić information content (AvgIpc) is 2.43. The van der Waals surface area contributed by atoms with Crippen LogP contribution < -0.4 is 15.6 Å². The molecule has 21 heavy (non-hydrogen) atoms. The van der Waals surface area contributed by atoms with E-state index in [1.807, 2.05) is 0 Å². The zero-order chi connectivity index (χ0) is 15.5. The number of urea groups is 1. The Balaban J connectivity index is 1.96. The first-order valence-electron chi connectivity index (χ1n) is 6.79. The molecule has 1 aromatic heterocycles. The molecular formula is C13H20BrN5O2. The van der Waals surface area contributed by atoms with Crippen molar-refractivity contribution >= 4 is 27.8 Å². The molecular weight excluding hydrogens is 338 g/mol. The molecule has 2 N–H and O–H groups in total. The van der Waals surface area contributed by atoms with Gasteiger partial charge in [0.1, 0.15) is 4.60 Å². The standard InChI is InChI=1S/C13H20BrN5O2/c1-13(2)5-4-6-19(8-13)12(20)18-17-10-11(21-3)15-7-9(14)16-10/h7H,4-6,8H2,1-3H3,(H,16,17)(H,18,20). The molecule has 1 saturated heterocycles. The van der Waals surface area contributed by atoms with Crippen molar-refractivity contribution in [1.82, 2.24) is 20.3 Å². The predicted octanol–water partition coefficient (Wildman–Crippen LogP) is 2.41. The fourth-order valence-corrected chi connectivity index (χ4v) is 2.66.